The molecular weight excluding hydrogens is 195 g/mol. The largest absolute Gasteiger partial charge is 1.00 e. The first-order chi connectivity index (χ1) is 5.68. The average molecular weight is 210 g/mol. The molecular formula is C9H15KO3. The number of hydrogen-bond donors (Lipinski definition) is 0. The zero-order valence-corrected chi connectivity index (χ0v) is 11.5. The summed E-state index contributed by atoms with van der Waals surface area (Å²) in [4.78, 5) is 10.1. The van der Waals surface area contributed by atoms with Crippen LogP contribution in [-0.4, -0.2) is 18.7 Å². The zero-order valence-electron chi connectivity index (χ0n) is 8.41. The van der Waals surface area contributed by atoms with Crippen molar-refractivity contribution in [3.05, 3.63) is 0 Å². The number of carbonyl (C=O) groups excluding carboxylic acids is 1. The Bertz CT molecular complexity index is 153. The summed E-state index contributed by atoms with van der Waals surface area (Å²) in [5, 5.41) is 10.1. The first-order valence-corrected chi connectivity index (χ1v) is 4.50. The second-order valence-corrected chi connectivity index (χ2v) is 3.56. The van der Waals surface area contributed by atoms with E-state index in [0.29, 0.717) is 0 Å². The second kappa shape index (κ2) is 7.37. The van der Waals surface area contributed by atoms with E-state index < -0.39 is 5.97 Å². The van der Waals surface area contributed by atoms with Crippen molar-refractivity contribution in [2.24, 2.45) is 5.92 Å². The van der Waals surface area contributed by atoms with E-state index in [-0.39, 0.29) is 64.1 Å². The fraction of sp³-hybridized carbons (Fsp3) is 0.889. The fourth-order valence-corrected chi connectivity index (χ4v) is 1.58. The average Bonchev–Trinajstić information content (AvgIpc) is 2.03. The van der Waals surface area contributed by atoms with E-state index in [2.05, 4.69) is 6.92 Å². The molecule has 1 aliphatic rings. The van der Waals surface area contributed by atoms with Crippen LogP contribution in [0.2, 0.25) is 0 Å². The SMILES string of the molecule is CC1CCC(OCC(=O)[O-])CC1.[K+]. The molecule has 1 saturated carbocycles. The minimum absolute atomic E-state index is 0. The minimum Gasteiger partial charge on any atom is -0.548 e. The van der Waals surface area contributed by atoms with Gasteiger partial charge in [0.15, 0.2) is 0 Å². The molecule has 0 aliphatic heterocycles. The van der Waals surface area contributed by atoms with E-state index in [1.54, 1.807) is 0 Å². The van der Waals surface area contributed by atoms with Gasteiger partial charge in [0.05, 0.1) is 18.7 Å². The molecule has 0 N–H and O–H groups in total. The van der Waals surface area contributed by atoms with E-state index in [9.17, 15) is 9.90 Å². The smallest absolute Gasteiger partial charge is 0.548 e. The third kappa shape index (κ3) is 6.20. The molecule has 0 saturated heterocycles. The van der Waals surface area contributed by atoms with Crippen molar-refractivity contribution in [1.82, 2.24) is 0 Å². The molecule has 0 amide bonds. The van der Waals surface area contributed by atoms with E-state index in [1.165, 1.54) is 0 Å². The van der Waals surface area contributed by atoms with Gasteiger partial charge in [0.2, 0.25) is 0 Å². The van der Waals surface area contributed by atoms with Crippen molar-refractivity contribution in [2.45, 2.75) is 38.7 Å². The molecule has 1 rings (SSSR count). The summed E-state index contributed by atoms with van der Waals surface area (Å²) in [5.74, 6) is -0.346. The minimum atomic E-state index is -1.12. The molecule has 0 spiro atoms. The molecule has 70 valence electrons. The van der Waals surface area contributed by atoms with Crippen LogP contribution >= 0.6 is 0 Å². The number of hydrogen-bond acceptors (Lipinski definition) is 3. The van der Waals surface area contributed by atoms with Gasteiger partial charge in [-0.2, -0.15) is 0 Å². The molecule has 0 aromatic rings. The number of rotatable bonds is 3. The molecule has 1 aliphatic carbocycles. The first kappa shape index (κ1) is 14.1. The molecule has 0 radical (unpaired) electrons. The van der Waals surface area contributed by atoms with Gasteiger partial charge in [-0.15, -0.1) is 0 Å². The Hall–Kier alpha value is 1.07. The van der Waals surface area contributed by atoms with Crippen molar-refractivity contribution in [3.63, 3.8) is 0 Å². The molecule has 0 atom stereocenters. The molecule has 4 heteroatoms. The quantitative estimate of drug-likeness (QED) is 0.478. The molecule has 0 aromatic heterocycles. The summed E-state index contributed by atoms with van der Waals surface area (Å²) >= 11 is 0. The van der Waals surface area contributed by atoms with Crippen molar-refractivity contribution >= 4 is 5.97 Å². The van der Waals surface area contributed by atoms with E-state index in [1.807, 2.05) is 0 Å². The van der Waals surface area contributed by atoms with Crippen molar-refractivity contribution < 1.29 is 66.0 Å². The zero-order chi connectivity index (χ0) is 8.97. The van der Waals surface area contributed by atoms with Crippen LogP contribution in [0.5, 0.6) is 0 Å². The van der Waals surface area contributed by atoms with Crippen LogP contribution in [0.25, 0.3) is 0 Å². The van der Waals surface area contributed by atoms with Gasteiger partial charge in [0, 0.05) is 0 Å². The van der Waals surface area contributed by atoms with Gasteiger partial charge < -0.3 is 14.6 Å². The topological polar surface area (TPSA) is 49.4 Å². The van der Waals surface area contributed by atoms with E-state index in [4.69, 9.17) is 4.74 Å². The standard InChI is InChI=1S/C9H16O3.K/c1-7-2-4-8(5-3-7)12-6-9(10)11;/h7-8H,2-6H2,1H3,(H,10,11);/q;+1/p-1. The Kier molecular flexibility index (Phi) is 7.97. The number of carbonyl (C=O) groups is 1. The third-order valence-corrected chi connectivity index (χ3v) is 2.40. The summed E-state index contributed by atoms with van der Waals surface area (Å²) in [6, 6.07) is 0. The van der Waals surface area contributed by atoms with Gasteiger partial charge in [-0.1, -0.05) is 6.92 Å². The Morgan fingerprint density at radius 1 is 1.38 bits per heavy atom. The van der Waals surface area contributed by atoms with Crippen molar-refractivity contribution in [3.8, 4) is 0 Å². The Labute approximate surface area is 122 Å². The summed E-state index contributed by atoms with van der Waals surface area (Å²) in [5.41, 5.74) is 0. The van der Waals surface area contributed by atoms with Gasteiger partial charge in [0.25, 0.3) is 0 Å². The Balaban J connectivity index is 0.00000144. The van der Waals surface area contributed by atoms with Gasteiger partial charge in [-0.3, -0.25) is 0 Å². The second-order valence-electron chi connectivity index (χ2n) is 3.56. The monoisotopic (exact) mass is 210 g/mol. The summed E-state index contributed by atoms with van der Waals surface area (Å²) in [6.45, 7) is 1.97. The maximum absolute atomic E-state index is 10.1. The van der Waals surface area contributed by atoms with Crippen LogP contribution in [0, 0.1) is 5.92 Å². The maximum atomic E-state index is 10.1. The Morgan fingerprint density at radius 3 is 2.38 bits per heavy atom. The molecule has 3 nitrogen and oxygen atoms in total. The predicted molar refractivity (Wildman–Crippen MR) is 42.4 cm³/mol. The Morgan fingerprint density at radius 2 is 1.92 bits per heavy atom. The maximum Gasteiger partial charge on any atom is 1.00 e. The summed E-state index contributed by atoms with van der Waals surface area (Å²) < 4.78 is 5.13. The molecule has 13 heavy (non-hydrogen) atoms. The normalized spacial score (nSPS) is 27.8. The number of carboxylic acids is 1. The molecule has 0 unspecified atom stereocenters. The van der Waals surface area contributed by atoms with Crippen LogP contribution in [0.3, 0.4) is 0 Å². The number of ether oxygens (including phenoxy) is 1. The van der Waals surface area contributed by atoms with E-state index in [0.717, 1.165) is 31.6 Å². The predicted octanol–water partition coefficient (Wildman–Crippen LogP) is -2.66. The molecule has 0 heterocycles. The molecule has 0 aromatic carbocycles. The van der Waals surface area contributed by atoms with Gasteiger partial charge in [-0.05, 0) is 31.6 Å². The van der Waals surface area contributed by atoms with Crippen LogP contribution in [0.15, 0.2) is 0 Å². The number of aliphatic carboxylic acids is 1. The fourth-order valence-electron chi connectivity index (χ4n) is 1.58. The molecule has 1 fully saturated rings. The number of carboxylic acid groups (broad SMARTS) is 1. The van der Waals surface area contributed by atoms with Crippen LogP contribution in [0.1, 0.15) is 32.6 Å². The molecule has 0 bridgehead atoms. The van der Waals surface area contributed by atoms with Gasteiger partial charge >= 0.3 is 51.4 Å². The van der Waals surface area contributed by atoms with Crippen LogP contribution in [-0.2, 0) is 9.53 Å². The van der Waals surface area contributed by atoms with Gasteiger partial charge in [-0.25, -0.2) is 0 Å². The van der Waals surface area contributed by atoms with Crippen LogP contribution < -0.4 is 56.5 Å². The van der Waals surface area contributed by atoms with Crippen molar-refractivity contribution in [2.75, 3.05) is 6.61 Å². The van der Waals surface area contributed by atoms with Crippen LogP contribution in [0.4, 0.5) is 0 Å². The third-order valence-electron chi connectivity index (χ3n) is 2.40. The first-order valence-electron chi connectivity index (χ1n) is 4.50. The van der Waals surface area contributed by atoms with E-state index >= 15 is 0 Å². The summed E-state index contributed by atoms with van der Waals surface area (Å²) in [7, 11) is 0. The van der Waals surface area contributed by atoms with Gasteiger partial charge in [0.1, 0.15) is 0 Å². The van der Waals surface area contributed by atoms with Crippen molar-refractivity contribution in [1.29, 1.82) is 0 Å². The summed E-state index contributed by atoms with van der Waals surface area (Å²) in [6.07, 6.45) is 4.44.